The molecule has 0 amide bonds. The van der Waals surface area contributed by atoms with E-state index in [0.717, 1.165) is 12.1 Å². The lowest BCUT2D eigenvalue weighted by Crippen LogP contribution is -2.27. The Morgan fingerprint density at radius 3 is 2.70 bits per heavy atom. The third-order valence-corrected chi connectivity index (χ3v) is 3.71. The van der Waals surface area contributed by atoms with Crippen molar-refractivity contribution in [2.24, 2.45) is 0 Å². The number of rotatable bonds is 6. The second-order valence-corrected chi connectivity index (χ2v) is 5.40. The highest BCUT2D eigenvalue weighted by Gasteiger charge is 2.11. The predicted molar refractivity (Wildman–Crippen MR) is 77.9 cm³/mol. The number of hydrogen-bond acceptors (Lipinski definition) is 3. The van der Waals surface area contributed by atoms with E-state index in [1.165, 1.54) is 38.5 Å². The maximum atomic E-state index is 10.5. The first-order valence-electron chi connectivity index (χ1n) is 7.41. The van der Waals surface area contributed by atoms with Crippen LogP contribution in [0.5, 0.6) is 5.75 Å². The number of hydrogen-bond donors (Lipinski definition) is 2. The van der Waals surface area contributed by atoms with Crippen LogP contribution in [0.1, 0.15) is 44.1 Å². The molecule has 20 heavy (non-hydrogen) atoms. The van der Waals surface area contributed by atoms with Crippen LogP contribution in [0.15, 0.2) is 24.3 Å². The molecule has 1 aliphatic carbocycles. The summed E-state index contributed by atoms with van der Waals surface area (Å²) in [4.78, 5) is 10.5. The number of carboxylic acid groups (broad SMARTS) is 1. The Kier molecular flexibility index (Phi) is 5.87. The quantitative estimate of drug-likeness (QED) is 0.785. The fraction of sp³-hybridized carbons (Fsp3) is 0.562. The van der Waals surface area contributed by atoms with E-state index in [-0.39, 0.29) is 6.61 Å². The summed E-state index contributed by atoms with van der Waals surface area (Å²) in [7, 11) is 0. The third-order valence-electron chi connectivity index (χ3n) is 3.71. The zero-order valence-corrected chi connectivity index (χ0v) is 11.8. The van der Waals surface area contributed by atoms with Gasteiger partial charge in [-0.15, -0.1) is 0 Å². The molecule has 1 aliphatic rings. The minimum atomic E-state index is -0.952. The van der Waals surface area contributed by atoms with E-state index in [9.17, 15) is 4.79 Å². The van der Waals surface area contributed by atoms with Crippen molar-refractivity contribution >= 4 is 5.97 Å². The maximum Gasteiger partial charge on any atom is 0.341 e. The van der Waals surface area contributed by atoms with Crippen molar-refractivity contribution in [3.8, 4) is 5.75 Å². The van der Waals surface area contributed by atoms with Gasteiger partial charge in [0.15, 0.2) is 6.61 Å². The largest absolute Gasteiger partial charge is 0.482 e. The number of ether oxygens (including phenoxy) is 1. The van der Waals surface area contributed by atoms with Crippen LogP contribution in [-0.4, -0.2) is 23.7 Å². The standard InChI is InChI=1S/C16H23NO3/c18-16(19)12-20-15-9-5-6-13(10-15)11-17-14-7-3-1-2-4-8-14/h5-6,9-10,14,17H,1-4,7-8,11-12H2,(H,18,19). The van der Waals surface area contributed by atoms with Crippen molar-refractivity contribution in [3.63, 3.8) is 0 Å². The number of benzene rings is 1. The molecule has 4 heteroatoms. The number of nitrogens with one attached hydrogen (secondary N) is 1. The van der Waals surface area contributed by atoms with Gasteiger partial charge in [-0.3, -0.25) is 0 Å². The molecule has 1 aromatic rings. The first-order valence-corrected chi connectivity index (χ1v) is 7.41. The molecule has 0 aliphatic heterocycles. The van der Waals surface area contributed by atoms with Crippen LogP contribution in [0.4, 0.5) is 0 Å². The zero-order chi connectivity index (χ0) is 14.2. The predicted octanol–water partition coefficient (Wildman–Crippen LogP) is 2.96. The van der Waals surface area contributed by atoms with Crippen molar-refractivity contribution < 1.29 is 14.6 Å². The van der Waals surface area contributed by atoms with Gasteiger partial charge in [0, 0.05) is 12.6 Å². The molecule has 1 saturated carbocycles. The van der Waals surface area contributed by atoms with Gasteiger partial charge in [0.05, 0.1) is 0 Å². The minimum Gasteiger partial charge on any atom is -0.482 e. The highest BCUT2D eigenvalue weighted by Crippen LogP contribution is 2.18. The van der Waals surface area contributed by atoms with Crippen molar-refractivity contribution in [1.82, 2.24) is 5.32 Å². The van der Waals surface area contributed by atoms with E-state index in [0.29, 0.717) is 11.8 Å². The Bertz CT molecular complexity index is 425. The molecule has 0 saturated heterocycles. The summed E-state index contributed by atoms with van der Waals surface area (Å²) in [5.74, 6) is -0.334. The fourth-order valence-corrected chi connectivity index (χ4v) is 2.64. The molecule has 0 unspecified atom stereocenters. The Morgan fingerprint density at radius 2 is 2.00 bits per heavy atom. The van der Waals surface area contributed by atoms with Crippen molar-refractivity contribution in [1.29, 1.82) is 0 Å². The van der Waals surface area contributed by atoms with E-state index in [2.05, 4.69) is 5.32 Å². The summed E-state index contributed by atoms with van der Waals surface area (Å²) in [5.41, 5.74) is 1.14. The van der Waals surface area contributed by atoms with E-state index < -0.39 is 5.97 Å². The van der Waals surface area contributed by atoms with Gasteiger partial charge in [-0.1, -0.05) is 37.8 Å². The fourth-order valence-electron chi connectivity index (χ4n) is 2.64. The first-order chi connectivity index (χ1) is 9.74. The second kappa shape index (κ2) is 7.90. The van der Waals surface area contributed by atoms with Gasteiger partial charge in [0.25, 0.3) is 0 Å². The third kappa shape index (κ3) is 5.21. The Hall–Kier alpha value is -1.55. The van der Waals surface area contributed by atoms with Gasteiger partial charge in [0.1, 0.15) is 5.75 Å². The van der Waals surface area contributed by atoms with E-state index in [1.807, 2.05) is 18.2 Å². The van der Waals surface area contributed by atoms with Crippen LogP contribution >= 0.6 is 0 Å². The summed E-state index contributed by atoms with van der Waals surface area (Å²) in [5, 5.41) is 12.2. The molecule has 2 N–H and O–H groups in total. The van der Waals surface area contributed by atoms with Crippen molar-refractivity contribution in [2.75, 3.05) is 6.61 Å². The van der Waals surface area contributed by atoms with Gasteiger partial charge in [-0.25, -0.2) is 4.79 Å². The summed E-state index contributed by atoms with van der Waals surface area (Å²) in [6.45, 7) is 0.522. The lowest BCUT2D eigenvalue weighted by Gasteiger charge is -2.16. The molecule has 110 valence electrons. The average molecular weight is 277 g/mol. The molecule has 0 aromatic heterocycles. The van der Waals surface area contributed by atoms with Crippen LogP contribution in [-0.2, 0) is 11.3 Å². The summed E-state index contributed by atoms with van der Waals surface area (Å²) in [6, 6.07) is 8.25. The normalized spacial score (nSPS) is 16.6. The Balaban J connectivity index is 1.82. The molecule has 0 spiro atoms. The lowest BCUT2D eigenvalue weighted by atomic mass is 10.1. The minimum absolute atomic E-state index is 0.292. The number of carboxylic acids is 1. The molecule has 0 radical (unpaired) electrons. The van der Waals surface area contributed by atoms with Crippen LogP contribution in [0.2, 0.25) is 0 Å². The molecule has 4 nitrogen and oxygen atoms in total. The van der Waals surface area contributed by atoms with Crippen LogP contribution in [0.25, 0.3) is 0 Å². The highest BCUT2D eigenvalue weighted by atomic mass is 16.5. The molecule has 0 atom stereocenters. The maximum absolute atomic E-state index is 10.5. The van der Waals surface area contributed by atoms with Gasteiger partial charge >= 0.3 is 5.97 Å². The molecule has 0 bridgehead atoms. The Morgan fingerprint density at radius 1 is 1.25 bits per heavy atom. The van der Waals surface area contributed by atoms with Crippen LogP contribution in [0, 0.1) is 0 Å². The van der Waals surface area contributed by atoms with Gasteiger partial charge in [0.2, 0.25) is 0 Å². The first kappa shape index (κ1) is 14.9. The molecular weight excluding hydrogens is 254 g/mol. The number of carbonyl (C=O) groups is 1. The average Bonchev–Trinajstić information content (AvgIpc) is 2.72. The van der Waals surface area contributed by atoms with Crippen molar-refractivity contribution in [2.45, 2.75) is 51.1 Å². The van der Waals surface area contributed by atoms with Gasteiger partial charge in [-0.05, 0) is 30.5 Å². The molecular formula is C16H23NO3. The monoisotopic (exact) mass is 277 g/mol. The second-order valence-electron chi connectivity index (χ2n) is 5.40. The molecule has 1 fully saturated rings. The van der Waals surface area contributed by atoms with Crippen LogP contribution in [0.3, 0.4) is 0 Å². The van der Waals surface area contributed by atoms with Crippen molar-refractivity contribution in [3.05, 3.63) is 29.8 Å². The van der Waals surface area contributed by atoms with E-state index in [1.54, 1.807) is 6.07 Å². The van der Waals surface area contributed by atoms with E-state index in [4.69, 9.17) is 9.84 Å². The lowest BCUT2D eigenvalue weighted by molar-refractivity contribution is -0.139. The highest BCUT2D eigenvalue weighted by molar-refractivity contribution is 5.68. The number of aliphatic carboxylic acids is 1. The summed E-state index contributed by atoms with van der Waals surface area (Å²) >= 11 is 0. The van der Waals surface area contributed by atoms with Crippen LogP contribution < -0.4 is 10.1 Å². The SMILES string of the molecule is O=C(O)COc1cccc(CNC2CCCCCC2)c1. The molecule has 2 rings (SSSR count). The van der Waals surface area contributed by atoms with E-state index >= 15 is 0 Å². The zero-order valence-electron chi connectivity index (χ0n) is 11.8. The van der Waals surface area contributed by atoms with Gasteiger partial charge in [-0.2, -0.15) is 0 Å². The summed E-state index contributed by atoms with van der Waals surface area (Å²) in [6.07, 6.45) is 7.87. The smallest absolute Gasteiger partial charge is 0.341 e. The van der Waals surface area contributed by atoms with Gasteiger partial charge < -0.3 is 15.2 Å². The topological polar surface area (TPSA) is 58.6 Å². The molecule has 1 aromatic carbocycles. The summed E-state index contributed by atoms with van der Waals surface area (Å²) < 4.78 is 5.19. The molecule has 0 heterocycles. The Labute approximate surface area is 120 Å².